The summed E-state index contributed by atoms with van der Waals surface area (Å²) in [5, 5.41) is 31.5. The fourth-order valence-electron chi connectivity index (χ4n) is 3.02. The third kappa shape index (κ3) is 4.23. The molecule has 1 heterocycles. The van der Waals surface area contributed by atoms with Crippen LogP contribution in [0.15, 0.2) is 36.0 Å². The Labute approximate surface area is 149 Å². The zero-order chi connectivity index (χ0) is 18.9. The van der Waals surface area contributed by atoms with Crippen LogP contribution in [0, 0.1) is 17.6 Å². The molecule has 9 heteroatoms. The van der Waals surface area contributed by atoms with Gasteiger partial charge < -0.3 is 10.2 Å². The summed E-state index contributed by atoms with van der Waals surface area (Å²) in [5.41, 5.74) is -1.86. The molecule has 1 atom stereocenters. The second-order valence-corrected chi connectivity index (χ2v) is 7.24. The first-order chi connectivity index (χ1) is 12.2. The fourth-order valence-corrected chi connectivity index (χ4v) is 3.02. The van der Waals surface area contributed by atoms with Crippen molar-refractivity contribution in [3.63, 3.8) is 0 Å². The second-order valence-electron chi connectivity index (χ2n) is 7.24. The van der Waals surface area contributed by atoms with Crippen molar-refractivity contribution in [2.75, 3.05) is 20.6 Å². The molecule has 1 aromatic heterocycles. The van der Waals surface area contributed by atoms with Crippen molar-refractivity contribution in [1.82, 2.24) is 14.8 Å². The SMILES string of the molecule is C[N+](C)(CC(O)(Cn1cncn1)c1ccc(F)cc1F)/N=C(\[O-])C1CC1. The van der Waals surface area contributed by atoms with Gasteiger partial charge in [0.15, 0.2) is 5.60 Å². The van der Waals surface area contributed by atoms with Gasteiger partial charge in [0.25, 0.3) is 0 Å². The Hall–Kier alpha value is -2.39. The molecule has 0 spiro atoms. The topological polar surface area (TPSA) is 86.4 Å². The van der Waals surface area contributed by atoms with Crippen LogP contribution in [0.2, 0.25) is 0 Å². The molecular formula is C17H21F2N5O2. The normalized spacial score (nSPS) is 18.0. The number of nitrogens with zero attached hydrogens (tertiary/aromatic N) is 5. The molecule has 26 heavy (non-hydrogen) atoms. The van der Waals surface area contributed by atoms with E-state index in [0.717, 1.165) is 18.9 Å². The average Bonchev–Trinajstić information content (AvgIpc) is 3.25. The predicted molar refractivity (Wildman–Crippen MR) is 87.4 cm³/mol. The van der Waals surface area contributed by atoms with Crippen molar-refractivity contribution < 1.29 is 23.6 Å². The van der Waals surface area contributed by atoms with E-state index in [9.17, 15) is 19.0 Å². The van der Waals surface area contributed by atoms with Crippen LogP contribution in [0.25, 0.3) is 0 Å². The highest BCUT2D eigenvalue weighted by Gasteiger charge is 2.41. The third-order valence-electron chi connectivity index (χ3n) is 4.27. The standard InChI is InChI=1S/C17H21F2N5O2/c1-24(2,22-16(25)12-3-4-12)9-17(26,8-23-11-20-10-21-23)14-6-5-13(18)7-15(14)19/h5-7,10-12,26H,3-4,8-9H2,1-2H3. The number of likely N-dealkylation sites (N-methyl/N-ethyl adjacent to an activating group) is 1. The summed E-state index contributed by atoms with van der Waals surface area (Å²) in [4.78, 5) is 3.82. The van der Waals surface area contributed by atoms with E-state index in [4.69, 9.17) is 0 Å². The van der Waals surface area contributed by atoms with E-state index in [0.29, 0.717) is 6.07 Å². The lowest BCUT2D eigenvalue weighted by Gasteiger charge is -2.35. The van der Waals surface area contributed by atoms with Crippen LogP contribution in [-0.4, -0.2) is 51.0 Å². The van der Waals surface area contributed by atoms with Crippen molar-refractivity contribution in [2.45, 2.75) is 25.0 Å². The lowest BCUT2D eigenvalue weighted by molar-refractivity contribution is -0.905. The molecular weight excluding hydrogens is 344 g/mol. The Bertz CT molecular complexity index is 805. The molecule has 1 aromatic carbocycles. The van der Waals surface area contributed by atoms with E-state index >= 15 is 0 Å². The van der Waals surface area contributed by atoms with E-state index in [1.165, 1.54) is 23.4 Å². The molecule has 0 bridgehead atoms. The lowest BCUT2D eigenvalue weighted by atomic mass is 9.92. The van der Waals surface area contributed by atoms with E-state index < -0.39 is 17.2 Å². The molecule has 140 valence electrons. The average molecular weight is 365 g/mol. The molecule has 1 unspecified atom stereocenters. The van der Waals surface area contributed by atoms with Crippen LogP contribution in [0.3, 0.4) is 0 Å². The van der Waals surface area contributed by atoms with Crippen molar-refractivity contribution >= 4 is 5.90 Å². The minimum Gasteiger partial charge on any atom is -0.858 e. The van der Waals surface area contributed by atoms with Crippen LogP contribution in [-0.2, 0) is 12.1 Å². The Balaban J connectivity index is 1.95. The number of aromatic nitrogens is 3. The number of rotatable bonds is 7. The number of hydrogen-bond donors (Lipinski definition) is 1. The molecule has 1 N–H and O–H groups in total. The first kappa shape index (κ1) is 18.4. The third-order valence-corrected chi connectivity index (χ3v) is 4.27. The van der Waals surface area contributed by atoms with E-state index in [-0.39, 0.29) is 35.1 Å². The summed E-state index contributed by atoms with van der Waals surface area (Å²) in [5.74, 6) is -1.89. The molecule has 1 fully saturated rings. The molecule has 1 aliphatic carbocycles. The van der Waals surface area contributed by atoms with Crippen molar-refractivity contribution in [2.24, 2.45) is 11.0 Å². The van der Waals surface area contributed by atoms with Gasteiger partial charge in [0.05, 0.1) is 20.6 Å². The molecule has 0 radical (unpaired) electrons. The van der Waals surface area contributed by atoms with Crippen LogP contribution >= 0.6 is 0 Å². The molecule has 0 saturated heterocycles. The molecule has 7 nitrogen and oxygen atoms in total. The minimum absolute atomic E-state index is 0.0571. The molecule has 0 aliphatic heterocycles. The summed E-state index contributed by atoms with van der Waals surface area (Å²) in [6.45, 7) is -0.224. The van der Waals surface area contributed by atoms with Crippen molar-refractivity contribution in [3.05, 3.63) is 48.1 Å². The Morgan fingerprint density at radius 3 is 2.73 bits per heavy atom. The number of aliphatic hydroxyl groups is 1. The Kier molecular flexibility index (Phi) is 4.76. The quantitative estimate of drug-likeness (QED) is 0.337. The van der Waals surface area contributed by atoms with Gasteiger partial charge in [-0.05, 0) is 30.9 Å². The van der Waals surface area contributed by atoms with Gasteiger partial charge in [0.2, 0.25) is 0 Å². The van der Waals surface area contributed by atoms with Gasteiger partial charge in [-0.25, -0.2) is 23.0 Å². The maximum atomic E-state index is 14.4. The number of benzene rings is 1. The maximum absolute atomic E-state index is 14.4. The lowest BCUT2D eigenvalue weighted by Crippen LogP contribution is -2.50. The van der Waals surface area contributed by atoms with Gasteiger partial charge in [0, 0.05) is 17.5 Å². The van der Waals surface area contributed by atoms with Crippen LogP contribution < -0.4 is 5.11 Å². The smallest absolute Gasteiger partial charge is 0.163 e. The molecule has 1 aliphatic rings. The van der Waals surface area contributed by atoms with Crippen molar-refractivity contribution in [3.8, 4) is 0 Å². The summed E-state index contributed by atoms with van der Waals surface area (Å²) in [6.07, 6.45) is 4.32. The van der Waals surface area contributed by atoms with Gasteiger partial charge in [0.1, 0.15) is 30.8 Å². The largest absolute Gasteiger partial charge is 0.858 e. The second kappa shape index (κ2) is 6.73. The zero-order valence-electron chi connectivity index (χ0n) is 14.6. The minimum atomic E-state index is -1.78. The first-order valence-electron chi connectivity index (χ1n) is 8.29. The number of hydrogen-bond acceptors (Lipinski definition) is 5. The van der Waals surface area contributed by atoms with Gasteiger partial charge in [-0.3, -0.25) is 0 Å². The summed E-state index contributed by atoms with van der Waals surface area (Å²) in [7, 11) is 3.29. The molecule has 0 amide bonds. The Morgan fingerprint density at radius 2 is 2.15 bits per heavy atom. The summed E-state index contributed by atoms with van der Waals surface area (Å²) in [6, 6.07) is 3.00. The van der Waals surface area contributed by atoms with Gasteiger partial charge in [-0.1, -0.05) is 0 Å². The highest BCUT2D eigenvalue weighted by molar-refractivity contribution is 5.76. The van der Waals surface area contributed by atoms with Gasteiger partial charge in [-0.2, -0.15) is 5.10 Å². The van der Waals surface area contributed by atoms with E-state index in [1.807, 2.05) is 0 Å². The van der Waals surface area contributed by atoms with Gasteiger partial charge >= 0.3 is 0 Å². The molecule has 2 aromatic rings. The highest BCUT2D eigenvalue weighted by Crippen LogP contribution is 2.31. The molecule has 1 saturated carbocycles. The fraction of sp³-hybridized carbons (Fsp3) is 0.471. The van der Waals surface area contributed by atoms with Gasteiger partial charge in [-0.15, -0.1) is 5.10 Å². The molecule has 3 rings (SSSR count). The Morgan fingerprint density at radius 1 is 1.42 bits per heavy atom. The highest BCUT2D eigenvalue weighted by atomic mass is 19.1. The summed E-state index contributed by atoms with van der Waals surface area (Å²) >= 11 is 0. The zero-order valence-corrected chi connectivity index (χ0v) is 14.6. The van der Waals surface area contributed by atoms with Crippen molar-refractivity contribution in [1.29, 1.82) is 0 Å². The van der Waals surface area contributed by atoms with Crippen LogP contribution in [0.4, 0.5) is 8.78 Å². The maximum Gasteiger partial charge on any atom is 0.163 e. The van der Waals surface area contributed by atoms with Crippen LogP contribution in [0.5, 0.6) is 0 Å². The first-order valence-corrected chi connectivity index (χ1v) is 8.29. The van der Waals surface area contributed by atoms with Crippen LogP contribution in [0.1, 0.15) is 18.4 Å². The van der Waals surface area contributed by atoms with E-state index in [1.54, 1.807) is 14.1 Å². The van der Waals surface area contributed by atoms with E-state index in [2.05, 4.69) is 15.2 Å². The predicted octanol–water partition coefficient (Wildman–Crippen LogP) is 0.604. The number of halogens is 2. The monoisotopic (exact) mass is 365 g/mol. The summed E-state index contributed by atoms with van der Waals surface area (Å²) < 4.78 is 28.9. The number of quaternary nitrogens is 1.